The van der Waals surface area contributed by atoms with Gasteiger partial charge in [-0.15, -0.1) is 0 Å². The molecule has 3 rings (SSSR count). The van der Waals surface area contributed by atoms with Gasteiger partial charge in [-0.05, 0) is 54.3 Å². The fourth-order valence-corrected chi connectivity index (χ4v) is 4.70. The number of carbonyl (C=O) groups excluding carboxylic acids is 4. The highest BCUT2D eigenvalue weighted by Crippen LogP contribution is 2.15. The molecule has 0 aliphatic carbocycles. The topological polar surface area (TPSA) is 151 Å². The van der Waals surface area contributed by atoms with Gasteiger partial charge < -0.3 is 26.8 Å². The predicted molar refractivity (Wildman–Crippen MR) is 161 cm³/mol. The molecule has 0 heterocycles. The fraction of sp³-hybridized carbons (Fsp3) is 0.267. The van der Waals surface area contributed by atoms with Crippen molar-refractivity contribution in [3.8, 4) is 5.75 Å². The zero-order valence-corrected chi connectivity index (χ0v) is 24.5. The molecule has 0 bridgehead atoms. The Hall–Kier alpha value is -4.00. The molecule has 41 heavy (non-hydrogen) atoms. The van der Waals surface area contributed by atoms with E-state index in [0.717, 1.165) is 11.1 Å². The number of hydrogen-bond acceptors (Lipinski definition) is 5. The molecule has 9 nitrogen and oxygen atoms in total. The van der Waals surface area contributed by atoms with E-state index in [2.05, 4.69) is 16.0 Å². The molecule has 4 amide bonds. The summed E-state index contributed by atoms with van der Waals surface area (Å²) in [7, 11) is 0. The van der Waals surface area contributed by atoms with Gasteiger partial charge in [0, 0.05) is 12.8 Å². The third-order valence-electron chi connectivity index (χ3n) is 6.32. The quantitative estimate of drug-likeness (QED) is 0.139. The van der Waals surface area contributed by atoms with Crippen LogP contribution in [0.25, 0.3) is 0 Å². The molecule has 0 aromatic heterocycles. The summed E-state index contributed by atoms with van der Waals surface area (Å²) in [5, 5.41) is 17.4. The number of nitrogens with one attached hydrogen (secondary N) is 3. The number of phenolic OH excluding ortho intramolecular Hbond substituents is 1. The highest BCUT2D eigenvalue weighted by atomic mass is 127. The lowest BCUT2D eigenvalue weighted by molar-refractivity contribution is -0.132. The van der Waals surface area contributed by atoms with E-state index in [4.69, 9.17) is 5.73 Å². The number of hydrogen-bond donors (Lipinski definition) is 5. The number of carbonyl (C=O) groups is 4. The van der Waals surface area contributed by atoms with Crippen LogP contribution in [-0.4, -0.2) is 50.8 Å². The van der Waals surface area contributed by atoms with Crippen molar-refractivity contribution in [2.45, 2.75) is 48.2 Å². The molecule has 4 atom stereocenters. The lowest BCUT2D eigenvalue weighted by atomic mass is 10.0. The second kappa shape index (κ2) is 15.1. The molecule has 0 spiro atoms. The number of halogens is 2. The van der Waals surface area contributed by atoms with Crippen molar-refractivity contribution in [1.82, 2.24) is 16.0 Å². The number of phenols is 1. The summed E-state index contributed by atoms with van der Waals surface area (Å²) >= 11 is 1.97. The Morgan fingerprint density at radius 3 is 1.85 bits per heavy atom. The molecule has 0 aliphatic heterocycles. The van der Waals surface area contributed by atoms with Gasteiger partial charge in [0.2, 0.25) is 23.6 Å². The Morgan fingerprint density at radius 1 is 0.732 bits per heavy atom. The van der Waals surface area contributed by atoms with Crippen LogP contribution in [0.2, 0.25) is 0 Å². The molecular formula is C30H32FIN4O5. The van der Waals surface area contributed by atoms with E-state index in [1.54, 1.807) is 36.4 Å². The molecule has 3 aromatic carbocycles. The maximum absolute atomic E-state index is 13.5. The van der Waals surface area contributed by atoms with Crippen molar-refractivity contribution in [3.63, 3.8) is 0 Å². The molecule has 0 unspecified atom stereocenters. The van der Waals surface area contributed by atoms with Crippen molar-refractivity contribution >= 4 is 46.2 Å². The van der Waals surface area contributed by atoms with Crippen LogP contribution in [0.1, 0.15) is 23.6 Å². The predicted octanol–water partition coefficient (Wildman–Crippen LogP) is 2.32. The van der Waals surface area contributed by atoms with Crippen LogP contribution < -0.4 is 21.7 Å². The Kier molecular flexibility index (Phi) is 11.6. The van der Waals surface area contributed by atoms with Crippen LogP contribution in [0.4, 0.5) is 4.39 Å². The molecule has 216 valence electrons. The SMILES string of the molecule is C[C@@H](NC(=O)[C@@H](I)Cc1ccc(O)cc1)C(=O)N[C@@H](Cc1ccc(F)cc1)C(=O)N[C@@H](Cc1ccccc1)C(N)=O. The Labute approximate surface area is 251 Å². The van der Waals surface area contributed by atoms with Crippen LogP contribution in [0, 0.1) is 5.82 Å². The standard InChI is InChI=1S/C30H32FIN4O5/c1-18(34-29(40)24(32)15-20-9-13-23(37)14-10-20)28(39)36-26(17-21-7-11-22(31)12-8-21)30(41)35-25(27(33)38)16-19-5-3-2-4-6-19/h2-14,18,24-26,37H,15-17H2,1H3,(H2,33,38)(H,34,40)(H,35,41)(H,36,39)/t18-,24+,25+,26+/m1/s1. The van der Waals surface area contributed by atoms with Gasteiger partial charge in [0.25, 0.3) is 0 Å². The number of benzene rings is 3. The average molecular weight is 675 g/mol. The minimum absolute atomic E-state index is 0.00506. The van der Waals surface area contributed by atoms with Gasteiger partial charge in [0.1, 0.15) is 29.7 Å². The zero-order chi connectivity index (χ0) is 29.9. The first-order chi connectivity index (χ1) is 19.5. The summed E-state index contributed by atoms with van der Waals surface area (Å²) in [6, 6.07) is 17.8. The lowest BCUT2D eigenvalue weighted by Gasteiger charge is -2.24. The first kappa shape index (κ1) is 31.5. The molecule has 0 aliphatic rings. The van der Waals surface area contributed by atoms with E-state index >= 15 is 0 Å². The van der Waals surface area contributed by atoms with Crippen molar-refractivity contribution in [1.29, 1.82) is 0 Å². The molecule has 0 saturated heterocycles. The third-order valence-corrected chi connectivity index (χ3v) is 7.32. The first-order valence-electron chi connectivity index (χ1n) is 12.9. The number of primary amides is 1. The second-order valence-corrected chi connectivity index (χ2v) is 11.1. The van der Waals surface area contributed by atoms with Gasteiger partial charge in [-0.2, -0.15) is 0 Å². The van der Waals surface area contributed by atoms with E-state index in [0.29, 0.717) is 12.0 Å². The van der Waals surface area contributed by atoms with Gasteiger partial charge in [0.05, 0.1) is 3.92 Å². The molecule has 0 radical (unpaired) electrons. The van der Waals surface area contributed by atoms with Gasteiger partial charge in [-0.3, -0.25) is 19.2 Å². The number of amides is 4. The van der Waals surface area contributed by atoms with Crippen molar-refractivity contribution < 1.29 is 28.7 Å². The smallest absolute Gasteiger partial charge is 0.243 e. The van der Waals surface area contributed by atoms with Crippen LogP contribution in [0.5, 0.6) is 5.75 Å². The molecule has 0 saturated carbocycles. The highest BCUT2D eigenvalue weighted by molar-refractivity contribution is 14.1. The van der Waals surface area contributed by atoms with Crippen LogP contribution in [-0.2, 0) is 38.4 Å². The van der Waals surface area contributed by atoms with Gasteiger partial charge in [-0.1, -0.05) is 77.2 Å². The van der Waals surface area contributed by atoms with E-state index in [1.165, 1.54) is 43.3 Å². The van der Waals surface area contributed by atoms with Gasteiger partial charge in [-0.25, -0.2) is 4.39 Å². The molecule has 6 N–H and O–H groups in total. The summed E-state index contributed by atoms with van der Waals surface area (Å²) in [6.07, 6.45) is 0.543. The average Bonchev–Trinajstić information content (AvgIpc) is 2.95. The lowest BCUT2D eigenvalue weighted by Crippen LogP contribution is -2.57. The second-order valence-electron chi connectivity index (χ2n) is 9.61. The summed E-state index contributed by atoms with van der Waals surface area (Å²) in [5.74, 6) is -2.72. The summed E-state index contributed by atoms with van der Waals surface area (Å²) in [5.41, 5.74) is 7.75. The Balaban J connectivity index is 1.68. The zero-order valence-electron chi connectivity index (χ0n) is 22.3. The van der Waals surface area contributed by atoms with Crippen LogP contribution >= 0.6 is 22.6 Å². The first-order valence-corrected chi connectivity index (χ1v) is 14.2. The Bertz CT molecular complexity index is 1340. The molecular weight excluding hydrogens is 642 g/mol. The van der Waals surface area contributed by atoms with Gasteiger partial charge in [0.15, 0.2) is 0 Å². The number of nitrogens with two attached hydrogens (primary N) is 1. The van der Waals surface area contributed by atoms with Crippen LogP contribution in [0.3, 0.4) is 0 Å². The number of alkyl halides is 1. The highest BCUT2D eigenvalue weighted by Gasteiger charge is 2.29. The Morgan fingerprint density at radius 2 is 1.24 bits per heavy atom. The normalized spacial score (nSPS) is 13.7. The minimum atomic E-state index is -1.14. The van der Waals surface area contributed by atoms with Crippen molar-refractivity contribution in [3.05, 3.63) is 101 Å². The van der Waals surface area contributed by atoms with E-state index < -0.39 is 45.6 Å². The maximum Gasteiger partial charge on any atom is 0.243 e. The molecule has 3 aromatic rings. The van der Waals surface area contributed by atoms with E-state index in [-0.39, 0.29) is 24.5 Å². The third kappa shape index (κ3) is 10.2. The minimum Gasteiger partial charge on any atom is -0.508 e. The maximum atomic E-state index is 13.5. The summed E-state index contributed by atoms with van der Waals surface area (Å²) < 4.78 is 13.0. The monoisotopic (exact) mass is 674 g/mol. The largest absolute Gasteiger partial charge is 0.508 e. The number of aromatic hydroxyl groups is 1. The van der Waals surface area contributed by atoms with Crippen LogP contribution in [0.15, 0.2) is 78.9 Å². The fourth-order valence-electron chi connectivity index (χ4n) is 4.01. The van der Waals surface area contributed by atoms with Crippen molar-refractivity contribution in [2.75, 3.05) is 0 Å². The summed E-state index contributed by atoms with van der Waals surface area (Å²) in [6.45, 7) is 1.49. The van der Waals surface area contributed by atoms with Crippen molar-refractivity contribution in [2.24, 2.45) is 5.73 Å². The summed E-state index contributed by atoms with van der Waals surface area (Å²) in [4.78, 5) is 51.3. The van der Waals surface area contributed by atoms with E-state index in [9.17, 15) is 28.7 Å². The molecule has 11 heteroatoms. The number of rotatable bonds is 13. The van der Waals surface area contributed by atoms with Gasteiger partial charge >= 0.3 is 0 Å². The van der Waals surface area contributed by atoms with E-state index in [1.807, 2.05) is 28.7 Å². The molecule has 0 fully saturated rings.